The minimum absolute atomic E-state index is 0.0567. The number of likely N-dealkylation sites (tertiary alicyclic amines) is 1. The number of hydrogen-bond acceptors (Lipinski definition) is 3. The molecule has 21 heavy (non-hydrogen) atoms. The molecule has 3 heterocycles. The number of piperidine rings is 1. The summed E-state index contributed by atoms with van der Waals surface area (Å²) in [5.74, 6) is 0.743. The molecule has 5 heteroatoms. The van der Waals surface area contributed by atoms with Crippen LogP contribution in [-0.4, -0.2) is 39.6 Å². The first kappa shape index (κ1) is 14.1. The van der Waals surface area contributed by atoms with Crippen LogP contribution in [-0.2, 0) is 0 Å². The van der Waals surface area contributed by atoms with Crippen molar-refractivity contribution < 1.29 is 4.79 Å². The molecule has 2 aromatic heterocycles. The van der Waals surface area contributed by atoms with Crippen LogP contribution in [0.5, 0.6) is 0 Å². The van der Waals surface area contributed by atoms with Crippen molar-refractivity contribution in [2.45, 2.75) is 32.2 Å². The van der Waals surface area contributed by atoms with Gasteiger partial charge in [0.15, 0.2) is 0 Å². The van der Waals surface area contributed by atoms with Gasteiger partial charge in [-0.1, -0.05) is 19.4 Å². The Bertz CT molecular complexity index is 636. The molecular formula is C16H22N4O. The first-order valence-corrected chi connectivity index (χ1v) is 7.68. The molecule has 3 rings (SSSR count). The molecule has 1 aliphatic heterocycles. The zero-order valence-electron chi connectivity index (χ0n) is 12.4. The van der Waals surface area contributed by atoms with Gasteiger partial charge in [-0.15, -0.1) is 0 Å². The molecule has 0 spiro atoms. The number of nitrogens with two attached hydrogens (primary N) is 1. The van der Waals surface area contributed by atoms with E-state index in [0.717, 1.165) is 31.3 Å². The Morgan fingerprint density at radius 3 is 3.10 bits per heavy atom. The number of rotatable bonds is 3. The highest BCUT2D eigenvalue weighted by Crippen LogP contribution is 2.27. The molecule has 2 atom stereocenters. The van der Waals surface area contributed by atoms with Gasteiger partial charge in [-0.05, 0) is 30.9 Å². The van der Waals surface area contributed by atoms with E-state index < -0.39 is 0 Å². The fourth-order valence-corrected chi connectivity index (χ4v) is 3.25. The van der Waals surface area contributed by atoms with Gasteiger partial charge >= 0.3 is 0 Å². The van der Waals surface area contributed by atoms with E-state index in [-0.39, 0.29) is 11.9 Å². The van der Waals surface area contributed by atoms with Crippen molar-refractivity contribution in [3.8, 4) is 0 Å². The van der Waals surface area contributed by atoms with E-state index in [1.165, 1.54) is 0 Å². The van der Waals surface area contributed by atoms with Gasteiger partial charge in [0.25, 0.3) is 5.91 Å². The van der Waals surface area contributed by atoms with Gasteiger partial charge < -0.3 is 10.6 Å². The maximum atomic E-state index is 12.9. The van der Waals surface area contributed by atoms with E-state index in [9.17, 15) is 4.79 Å². The Hall–Kier alpha value is -1.88. The van der Waals surface area contributed by atoms with Crippen LogP contribution in [0, 0.1) is 5.92 Å². The van der Waals surface area contributed by atoms with E-state index in [1.807, 2.05) is 29.3 Å². The first-order valence-electron chi connectivity index (χ1n) is 7.68. The average molecular weight is 286 g/mol. The SMILES string of the molecule is CCC1CCN(C(=O)c2cnn3ccccc23)C(CN)C1. The second kappa shape index (κ2) is 5.85. The van der Waals surface area contributed by atoms with Crippen molar-refractivity contribution in [1.82, 2.24) is 14.5 Å². The number of nitrogens with zero attached hydrogens (tertiary/aromatic N) is 3. The Morgan fingerprint density at radius 1 is 1.48 bits per heavy atom. The summed E-state index contributed by atoms with van der Waals surface area (Å²) in [5, 5.41) is 4.25. The quantitative estimate of drug-likeness (QED) is 0.937. The zero-order chi connectivity index (χ0) is 14.8. The van der Waals surface area contributed by atoms with Crippen molar-refractivity contribution >= 4 is 11.4 Å². The highest BCUT2D eigenvalue weighted by atomic mass is 16.2. The average Bonchev–Trinajstić information content (AvgIpc) is 2.97. The Kier molecular flexibility index (Phi) is 3.92. The molecule has 1 amide bonds. The summed E-state index contributed by atoms with van der Waals surface area (Å²) in [6, 6.07) is 5.91. The van der Waals surface area contributed by atoms with Crippen molar-refractivity contribution in [2.75, 3.05) is 13.1 Å². The van der Waals surface area contributed by atoms with Crippen LogP contribution in [0.4, 0.5) is 0 Å². The lowest BCUT2D eigenvalue weighted by Gasteiger charge is -2.38. The minimum atomic E-state index is 0.0567. The molecule has 5 nitrogen and oxygen atoms in total. The number of carbonyl (C=O) groups is 1. The van der Waals surface area contributed by atoms with Gasteiger partial charge in [-0.2, -0.15) is 5.10 Å². The highest BCUT2D eigenvalue weighted by Gasteiger charge is 2.31. The van der Waals surface area contributed by atoms with Crippen LogP contribution < -0.4 is 5.73 Å². The Labute approximate surface area is 124 Å². The predicted molar refractivity (Wildman–Crippen MR) is 82.1 cm³/mol. The Morgan fingerprint density at radius 2 is 2.33 bits per heavy atom. The summed E-state index contributed by atoms with van der Waals surface area (Å²) in [7, 11) is 0. The van der Waals surface area contributed by atoms with Crippen LogP contribution in [0.25, 0.3) is 5.52 Å². The summed E-state index contributed by atoms with van der Waals surface area (Å²) >= 11 is 0. The topological polar surface area (TPSA) is 63.6 Å². The van der Waals surface area contributed by atoms with Gasteiger partial charge in [0, 0.05) is 25.3 Å². The summed E-state index contributed by atoms with van der Waals surface area (Å²) < 4.78 is 1.74. The molecule has 112 valence electrons. The van der Waals surface area contributed by atoms with E-state index >= 15 is 0 Å². The third kappa shape index (κ3) is 2.53. The van der Waals surface area contributed by atoms with Crippen LogP contribution in [0.15, 0.2) is 30.6 Å². The lowest BCUT2D eigenvalue weighted by atomic mass is 9.88. The molecule has 1 aliphatic rings. The molecule has 0 bridgehead atoms. The number of hydrogen-bond donors (Lipinski definition) is 1. The van der Waals surface area contributed by atoms with Crippen LogP contribution in [0.2, 0.25) is 0 Å². The monoisotopic (exact) mass is 286 g/mol. The molecule has 0 radical (unpaired) electrons. The van der Waals surface area contributed by atoms with Crippen LogP contribution in [0.3, 0.4) is 0 Å². The lowest BCUT2D eigenvalue weighted by molar-refractivity contribution is 0.0560. The molecule has 2 aromatic rings. The summed E-state index contributed by atoms with van der Waals surface area (Å²) in [6.07, 6.45) is 6.76. The van der Waals surface area contributed by atoms with Crippen LogP contribution in [0.1, 0.15) is 36.5 Å². The van der Waals surface area contributed by atoms with Gasteiger partial charge in [0.05, 0.1) is 17.3 Å². The van der Waals surface area contributed by atoms with Crippen molar-refractivity contribution in [3.63, 3.8) is 0 Å². The van der Waals surface area contributed by atoms with Gasteiger partial charge in [-0.25, -0.2) is 4.52 Å². The fraction of sp³-hybridized carbons (Fsp3) is 0.500. The van der Waals surface area contributed by atoms with Crippen molar-refractivity contribution in [3.05, 3.63) is 36.2 Å². The number of pyridine rings is 1. The maximum absolute atomic E-state index is 12.9. The lowest BCUT2D eigenvalue weighted by Crippen LogP contribution is -2.49. The smallest absolute Gasteiger partial charge is 0.257 e. The fourth-order valence-electron chi connectivity index (χ4n) is 3.25. The zero-order valence-corrected chi connectivity index (χ0v) is 12.4. The van der Waals surface area contributed by atoms with E-state index in [1.54, 1.807) is 10.7 Å². The van der Waals surface area contributed by atoms with E-state index in [0.29, 0.717) is 18.0 Å². The largest absolute Gasteiger partial charge is 0.334 e. The normalized spacial score (nSPS) is 22.7. The van der Waals surface area contributed by atoms with E-state index in [2.05, 4.69) is 12.0 Å². The third-order valence-electron chi connectivity index (χ3n) is 4.59. The molecule has 2 N–H and O–H groups in total. The summed E-state index contributed by atoms with van der Waals surface area (Å²) in [4.78, 5) is 14.8. The van der Waals surface area contributed by atoms with Gasteiger partial charge in [-0.3, -0.25) is 4.79 Å². The predicted octanol–water partition coefficient (Wildman–Crippen LogP) is 1.92. The number of carbonyl (C=O) groups excluding carboxylic acids is 1. The molecule has 1 saturated heterocycles. The van der Waals surface area contributed by atoms with Crippen molar-refractivity contribution in [2.24, 2.45) is 11.7 Å². The Balaban J connectivity index is 1.87. The standard InChI is InChI=1S/C16H22N4O/c1-2-12-6-8-19(13(9-12)10-17)16(21)14-11-18-20-7-4-3-5-15(14)20/h3-5,7,11-13H,2,6,8-10,17H2,1H3. The van der Waals surface area contributed by atoms with E-state index in [4.69, 9.17) is 5.73 Å². The number of fused-ring (bicyclic) bond motifs is 1. The van der Waals surface area contributed by atoms with Crippen molar-refractivity contribution in [1.29, 1.82) is 0 Å². The molecular weight excluding hydrogens is 264 g/mol. The third-order valence-corrected chi connectivity index (χ3v) is 4.59. The summed E-state index contributed by atoms with van der Waals surface area (Å²) in [6.45, 7) is 3.53. The molecule has 2 unspecified atom stereocenters. The highest BCUT2D eigenvalue weighted by molar-refractivity contribution is 6.00. The molecule has 0 saturated carbocycles. The van der Waals surface area contributed by atoms with Crippen LogP contribution >= 0.6 is 0 Å². The summed E-state index contributed by atoms with van der Waals surface area (Å²) in [5.41, 5.74) is 7.43. The first-order chi connectivity index (χ1) is 10.2. The minimum Gasteiger partial charge on any atom is -0.334 e. The molecule has 0 aliphatic carbocycles. The number of amides is 1. The number of aromatic nitrogens is 2. The second-order valence-corrected chi connectivity index (χ2v) is 5.78. The molecule has 0 aromatic carbocycles. The maximum Gasteiger partial charge on any atom is 0.257 e. The molecule has 1 fully saturated rings. The second-order valence-electron chi connectivity index (χ2n) is 5.78. The van der Waals surface area contributed by atoms with Gasteiger partial charge in [0.2, 0.25) is 0 Å². The van der Waals surface area contributed by atoms with Gasteiger partial charge in [0.1, 0.15) is 0 Å².